The lowest BCUT2D eigenvalue weighted by atomic mass is 9.68. The molecule has 0 heterocycles. The summed E-state index contributed by atoms with van der Waals surface area (Å²) in [5.41, 5.74) is 1.34. The first kappa shape index (κ1) is 11.8. The van der Waals surface area contributed by atoms with E-state index in [4.69, 9.17) is 0 Å². The smallest absolute Gasteiger partial charge is 0.0478 e. The first-order chi connectivity index (χ1) is 8.34. The van der Waals surface area contributed by atoms with E-state index in [0.717, 1.165) is 17.9 Å². The number of anilines is 1. The summed E-state index contributed by atoms with van der Waals surface area (Å²) < 4.78 is 1.36. The molecule has 1 aromatic carbocycles. The summed E-state index contributed by atoms with van der Waals surface area (Å²) in [7, 11) is 0. The standard InChI is InChI=1S/C15H20IN/c16-13-9-1-2-10-14(13)17-15(11-5-3-6-11)12-7-4-8-12/h1-2,9-12,15,17H,3-8H2. The van der Waals surface area contributed by atoms with Gasteiger partial charge in [-0.2, -0.15) is 0 Å². The number of hydrogen-bond donors (Lipinski definition) is 1. The van der Waals surface area contributed by atoms with Gasteiger partial charge in [-0.3, -0.25) is 0 Å². The monoisotopic (exact) mass is 341 g/mol. The molecule has 92 valence electrons. The normalized spacial score (nSPS) is 21.1. The molecule has 0 bridgehead atoms. The van der Waals surface area contributed by atoms with Crippen molar-refractivity contribution in [3.8, 4) is 0 Å². The van der Waals surface area contributed by atoms with Crippen molar-refractivity contribution in [1.82, 2.24) is 0 Å². The largest absolute Gasteiger partial charge is 0.381 e. The maximum atomic E-state index is 3.84. The molecular weight excluding hydrogens is 321 g/mol. The highest BCUT2D eigenvalue weighted by Crippen LogP contribution is 2.41. The van der Waals surface area contributed by atoms with Crippen LogP contribution in [0.3, 0.4) is 0 Å². The van der Waals surface area contributed by atoms with E-state index in [-0.39, 0.29) is 0 Å². The fourth-order valence-corrected chi connectivity index (χ4v) is 3.52. The Labute approximate surface area is 118 Å². The number of hydrogen-bond acceptors (Lipinski definition) is 1. The molecule has 0 amide bonds. The predicted octanol–water partition coefficient (Wildman–Crippen LogP) is 4.67. The van der Waals surface area contributed by atoms with E-state index in [1.54, 1.807) is 0 Å². The summed E-state index contributed by atoms with van der Waals surface area (Å²) in [6, 6.07) is 9.43. The van der Waals surface area contributed by atoms with Gasteiger partial charge in [0.2, 0.25) is 0 Å². The maximum absolute atomic E-state index is 3.84. The van der Waals surface area contributed by atoms with Gasteiger partial charge in [0.05, 0.1) is 0 Å². The van der Waals surface area contributed by atoms with Crippen LogP contribution in [0.1, 0.15) is 38.5 Å². The molecule has 2 aliphatic rings. The fourth-order valence-electron chi connectivity index (χ4n) is 2.98. The number of nitrogens with one attached hydrogen (secondary N) is 1. The Bertz CT molecular complexity index is 368. The molecular formula is C15H20IN. The number of benzene rings is 1. The average molecular weight is 341 g/mol. The van der Waals surface area contributed by atoms with Gasteiger partial charge in [0, 0.05) is 15.3 Å². The zero-order valence-corrected chi connectivity index (χ0v) is 12.3. The topological polar surface area (TPSA) is 12.0 Å². The van der Waals surface area contributed by atoms with Crippen molar-refractivity contribution >= 4 is 28.3 Å². The van der Waals surface area contributed by atoms with Crippen LogP contribution in [0.25, 0.3) is 0 Å². The molecule has 2 heteroatoms. The molecule has 0 radical (unpaired) electrons. The van der Waals surface area contributed by atoms with E-state index < -0.39 is 0 Å². The van der Waals surface area contributed by atoms with Gasteiger partial charge in [-0.25, -0.2) is 0 Å². The second-order valence-electron chi connectivity index (χ2n) is 5.53. The molecule has 0 aliphatic heterocycles. The van der Waals surface area contributed by atoms with Crippen LogP contribution < -0.4 is 5.32 Å². The number of para-hydroxylation sites is 1. The Balaban J connectivity index is 1.73. The third kappa shape index (κ3) is 2.47. The first-order valence-electron chi connectivity index (χ1n) is 6.85. The quantitative estimate of drug-likeness (QED) is 0.785. The minimum atomic E-state index is 0.744. The van der Waals surface area contributed by atoms with E-state index in [2.05, 4.69) is 52.2 Å². The van der Waals surface area contributed by atoms with Gasteiger partial charge < -0.3 is 5.32 Å². The van der Waals surface area contributed by atoms with Gasteiger partial charge >= 0.3 is 0 Å². The summed E-state index contributed by atoms with van der Waals surface area (Å²) in [5, 5.41) is 3.84. The van der Waals surface area contributed by atoms with Crippen molar-refractivity contribution in [3.63, 3.8) is 0 Å². The molecule has 2 saturated carbocycles. The highest BCUT2D eigenvalue weighted by molar-refractivity contribution is 14.1. The second-order valence-corrected chi connectivity index (χ2v) is 6.69. The highest BCUT2D eigenvalue weighted by Gasteiger charge is 2.36. The lowest BCUT2D eigenvalue weighted by molar-refractivity contribution is 0.166. The molecule has 0 aromatic heterocycles. The van der Waals surface area contributed by atoms with Crippen molar-refractivity contribution in [3.05, 3.63) is 27.8 Å². The van der Waals surface area contributed by atoms with Crippen LogP contribution in [0.5, 0.6) is 0 Å². The van der Waals surface area contributed by atoms with E-state index >= 15 is 0 Å². The van der Waals surface area contributed by atoms with Crippen molar-refractivity contribution in [1.29, 1.82) is 0 Å². The van der Waals surface area contributed by atoms with Crippen molar-refractivity contribution in [2.24, 2.45) is 11.8 Å². The summed E-state index contributed by atoms with van der Waals surface area (Å²) in [6.45, 7) is 0. The molecule has 3 rings (SSSR count). The summed E-state index contributed by atoms with van der Waals surface area (Å²) >= 11 is 2.44. The molecule has 2 aliphatic carbocycles. The van der Waals surface area contributed by atoms with E-state index in [1.165, 1.54) is 47.8 Å². The lowest BCUT2D eigenvalue weighted by Gasteiger charge is -2.43. The number of halogens is 1. The van der Waals surface area contributed by atoms with Gasteiger partial charge in [0.15, 0.2) is 0 Å². The molecule has 1 N–H and O–H groups in total. The van der Waals surface area contributed by atoms with Crippen LogP contribution in [0.15, 0.2) is 24.3 Å². The maximum Gasteiger partial charge on any atom is 0.0478 e. The second kappa shape index (κ2) is 5.17. The predicted molar refractivity (Wildman–Crippen MR) is 81.3 cm³/mol. The van der Waals surface area contributed by atoms with Gasteiger partial charge in [-0.1, -0.05) is 25.0 Å². The van der Waals surface area contributed by atoms with Crippen LogP contribution in [-0.2, 0) is 0 Å². The Morgan fingerprint density at radius 1 is 1.00 bits per heavy atom. The molecule has 0 unspecified atom stereocenters. The summed E-state index contributed by atoms with van der Waals surface area (Å²) in [6.07, 6.45) is 8.66. The summed E-state index contributed by atoms with van der Waals surface area (Å²) in [5.74, 6) is 1.88. The third-order valence-corrected chi connectivity index (χ3v) is 5.45. The van der Waals surface area contributed by atoms with Gasteiger partial charge in [-0.15, -0.1) is 0 Å². The van der Waals surface area contributed by atoms with Gasteiger partial charge in [0.25, 0.3) is 0 Å². The molecule has 17 heavy (non-hydrogen) atoms. The van der Waals surface area contributed by atoms with Crippen LogP contribution >= 0.6 is 22.6 Å². The Morgan fingerprint density at radius 2 is 1.59 bits per heavy atom. The van der Waals surface area contributed by atoms with E-state index in [9.17, 15) is 0 Å². The highest BCUT2D eigenvalue weighted by atomic mass is 127. The molecule has 1 aromatic rings. The van der Waals surface area contributed by atoms with Crippen LogP contribution in [0.4, 0.5) is 5.69 Å². The Kier molecular flexibility index (Phi) is 3.59. The average Bonchev–Trinajstić information content (AvgIpc) is 2.16. The van der Waals surface area contributed by atoms with Crippen molar-refractivity contribution in [2.75, 3.05) is 5.32 Å². The fraction of sp³-hybridized carbons (Fsp3) is 0.600. The minimum absolute atomic E-state index is 0.744. The SMILES string of the molecule is Ic1ccccc1NC(C1CCC1)C1CCC1. The van der Waals surface area contributed by atoms with Crippen molar-refractivity contribution in [2.45, 2.75) is 44.6 Å². The van der Waals surface area contributed by atoms with Crippen LogP contribution in [0, 0.1) is 15.4 Å². The Hall–Kier alpha value is -0.250. The zero-order valence-electron chi connectivity index (χ0n) is 10.2. The molecule has 1 nitrogen and oxygen atoms in total. The molecule has 2 fully saturated rings. The van der Waals surface area contributed by atoms with Crippen molar-refractivity contribution < 1.29 is 0 Å². The zero-order chi connectivity index (χ0) is 11.7. The molecule has 0 atom stereocenters. The minimum Gasteiger partial charge on any atom is -0.381 e. The number of rotatable bonds is 4. The summed E-state index contributed by atoms with van der Waals surface area (Å²) in [4.78, 5) is 0. The van der Waals surface area contributed by atoms with Crippen LogP contribution in [-0.4, -0.2) is 6.04 Å². The third-order valence-electron chi connectivity index (χ3n) is 4.51. The lowest BCUT2D eigenvalue weighted by Crippen LogP contribution is -2.42. The van der Waals surface area contributed by atoms with E-state index in [0.29, 0.717) is 0 Å². The van der Waals surface area contributed by atoms with E-state index in [1.807, 2.05) is 0 Å². The van der Waals surface area contributed by atoms with Crippen LogP contribution in [0.2, 0.25) is 0 Å². The van der Waals surface area contributed by atoms with Gasteiger partial charge in [-0.05, 0) is 72.2 Å². The molecule has 0 saturated heterocycles. The van der Waals surface area contributed by atoms with Gasteiger partial charge in [0.1, 0.15) is 0 Å². The Morgan fingerprint density at radius 3 is 2.06 bits per heavy atom. The molecule has 0 spiro atoms. The first-order valence-corrected chi connectivity index (χ1v) is 7.93.